The molecule has 1 fully saturated rings. The summed E-state index contributed by atoms with van der Waals surface area (Å²) in [6.45, 7) is 1.79. The number of nitrogens with zero attached hydrogens (tertiary/aromatic N) is 1. The zero-order chi connectivity index (χ0) is 13.7. The Morgan fingerprint density at radius 3 is 2.52 bits per heavy atom. The zero-order valence-corrected chi connectivity index (χ0v) is 14.0. The normalized spacial score (nSPS) is 14.8. The second-order valence-corrected chi connectivity index (χ2v) is 5.46. The molecule has 1 saturated carbocycles. The van der Waals surface area contributed by atoms with E-state index in [1.807, 2.05) is 30.1 Å². The van der Waals surface area contributed by atoms with Gasteiger partial charge in [-0.15, -0.1) is 24.8 Å². The number of halogens is 2. The molecule has 0 bridgehead atoms. The summed E-state index contributed by atoms with van der Waals surface area (Å²) in [5, 5.41) is 2.91. The summed E-state index contributed by atoms with van der Waals surface area (Å²) in [6.07, 6.45) is 2.43. The topological polar surface area (TPSA) is 58.4 Å². The van der Waals surface area contributed by atoms with Crippen LogP contribution in [0.3, 0.4) is 0 Å². The first-order chi connectivity index (χ1) is 9.15. The van der Waals surface area contributed by atoms with Gasteiger partial charge in [-0.1, -0.05) is 30.3 Å². The third kappa shape index (κ3) is 7.67. The van der Waals surface area contributed by atoms with Gasteiger partial charge >= 0.3 is 0 Å². The van der Waals surface area contributed by atoms with Gasteiger partial charge in [0, 0.05) is 19.1 Å². The quantitative estimate of drug-likeness (QED) is 0.800. The number of amides is 1. The third-order valence-electron chi connectivity index (χ3n) is 3.47. The van der Waals surface area contributed by atoms with Crippen molar-refractivity contribution in [2.24, 2.45) is 11.7 Å². The van der Waals surface area contributed by atoms with Crippen LogP contribution >= 0.6 is 24.8 Å². The number of carbonyl (C=O) groups excluding carboxylic acids is 1. The number of nitrogens with two attached hydrogens (primary N) is 1. The van der Waals surface area contributed by atoms with E-state index in [-0.39, 0.29) is 36.8 Å². The first kappa shape index (κ1) is 20.2. The van der Waals surface area contributed by atoms with Crippen molar-refractivity contribution in [1.29, 1.82) is 0 Å². The molecule has 21 heavy (non-hydrogen) atoms. The molecule has 1 aromatic carbocycles. The molecule has 0 aliphatic heterocycles. The molecule has 3 N–H and O–H groups in total. The highest BCUT2D eigenvalue weighted by molar-refractivity contribution is 5.85. The number of likely N-dealkylation sites (N-methyl/N-ethyl adjacent to an activating group) is 1. The second kappa shape index (κ2) is 10.0. The summed E-state index contributed by atoms with van der Waals surface area (Å²) in [5.41, 5.74) is 7.17. The summed E-state index contributed by atoms with van der Waals surface area (Å²) in [4.78, 5) is 13.8. The Labute approximate surface area is 139 Å². The van der Waals surface area contributed by atoms with Crippen LogP contribution in [0.1, 0.15) is 18.4 Å². The Morgan fingerprint density at radius 1 is 1.33 bits per heavy atom. The number of benzene rings is 1. The van der Waals surface area contributed by atoms with E-state index in [0.717, 1.165) is 6.54 Å². The summed E-state index contributed by atoms with van der Waals surface area (Å²) >= 11 is 0. The molecule has 0 spiro atoms. The molecule has 0 heterocycles. The summed E-state index contributed by atoms with van der Waals surface area (Å²) in [5.74, 6) is 0.678. The fourth-order valence-corrected chi connectivity index (χ4v) is 2.17. The molecule has 1 aliphatic carbocycles. The SMILES string of the molecule is CN(CC(=O)NCC(N)C1CC1)Cc1ccccc1.Cl.Cl. The monoisotopic (exact) mass is 333 g/mol. The van der Waals surface area contributed by atoms with Crippen molar-refractivity contribution in [3.8, 4) is 0 Å². The lowest BCUT2D eigenvalue weighted by Gasteiger charge is -2.17. The number of hydrogen-bond donors (Lipinski definition) is 2. The van der Waals surface area contributed by atoms with E-state index >= 15 is 0 Å². The van der Waals surface area contributed by atoms with Crippen molar-refractivity contribution in [3.63, 3.8) is 0 Å². The second-order valence-electron chi connectivity index (χ2n) is 5.46. The first-order valence-electron chi connectivity index (χ1n) is 6.90. The van der Waals surface area contributed by atoms with Crippen molar-refractivity contribution < 1.29 is 4.79 Å². The van der Waals surface area contributed by atoms with Crippen LogP contribution in [0.4, 0.5) is 0 Å². The van der Waals surface area contributed by atoms with Crippen LogP contribution in [-0.2, 0) is 11.3 Å². The Kier molecular flexibility index (Phi) is 9.62. The van der Waals surface area contributed by atoms with Crippen LogP contribution in [0.2, 0.25) is 0 Å². The van der Waals surface area contributed by atoms with Crippen LogP contribution < -0.4 is 11.1 Å². The van der Waals surface area contributed by atoms with E-state index in [0.29, 0.717) is 19.0 Å². The number of rotatable bonds is 7. The maximum atomic E-state index is 11.8. The van der Waals surface area contributed by atoms with Crippen LogP contribution in [0, 0.1) is 5.92 Å². The average Bonchev–Trinajstić information content (AvgIpc) is 3.21. The van der Waals surface area contributed by atoms with Crippen LogP contribution in [-0.4, -0.2) is 37.0 Å². The van der Waals surface area contributed by atoms with Crippen LogP contribution in [0.15, 0.2) is 30.3 Å². The summed E-state index contributed by atoms with van der Waals surface area (Å²) in [7, 11) is 1.95. The molecule has 2 rings (SSSR count). The number of hydrogen-bond acceptors (Lipinski definition) is 3. The Balaban J connectivity index is 0.00000200. The van der Waals surface area contributed by atoms with Crippen LogP contribution in [0.5, 0.6) is 0 Å². The minimum Gasteiger partial charge on any atom is -0.353 e. The Bertz CT molecular complexity index is 413. The van der Waals surface area contributed by atoms with Gasteiger partial charge in [0.15, 0.2) is 0 Å². The van der Waals surface area contributed by atoms with Crippen molar-refractivity contribution >= 4 is 30.7 Å². The lowest BCUT2D eigenvalue weighted by Crippen LogP contribution is -2.42. The standard InChI is InChI=1S/C15H23N3O.2ClH/c1-18(10-12-5-3-2-4-6-12)11-15(19)17-9-14(16)13-7-8-13;;/h2-6,13-14H,7-11,16H2,1H3,(H,17,19);2*1H. The van der Waals surface area contributed by atoms with Crippen molar-refractivity contribution in [2.75, 3.05) is 20.1 Å². The maximum absolute atomic E-state index is 11.8. The highest BCUT2D eigenvalue weighted by Gasteiger charge is 2.28. The molecule has 1 unspecified atom stereocenters. The molecular formula is C15H25Cl2N3O. The van der Waals surface area contributed by atoms with Gasteiger partial charge in [0.2, 0.25) is 5.91 Å². The number of carbonyl (C=O) groups is 1. The van der Waals surface area contributed by atoms with Gasteiger partial charge in [0.25, 0.3) is 0 Å². The lowest BCUT2D eigenvalue weighted by molar-refractivity contribution is -0.122. The van der Waals surface area contributed by atoms with Gasteiger partial charge in [0.1, 0.15) is 0 Å². The fraction of sp³-hybridized carbons (Fsp3) is 0.533. The lowest BCUT2D eigenvalue weighted by atomic mass is 10.2. The largest absolute Gasteiger partial charge is 0.353 e. The molecule has 4 nitrogen and oxygen atoms in total. The third-order valence-corrected chi connectivity index (χ3v) is 3.47. The van der Waals surface area contributed by atoms with Crippen molar-refractivity contribution in [2.45, 2.75) is 25.4 Å². The predicted octanol–water partition coefficient (Wildman–Crippen LogP) is 1.82. The average molecular weight is 334 g/mol. The van der Waals surface area contributed by atoms with E-state index in [1.54, 1.807) is 0 Å². The highest BCUT2D eigenvalue weighted by Crippen LogP contribution is 2.31. The molecule has 1 amide bonds. The van der Waals surface area contributed by atoms with Gasteiger partial charge in [-0.05, 0) is 31.4 Å². The van der Waals surface area contributed by atoms with Crippen LogP contribution in [0.25, 0.3) is 0 Å². The smallest absolute Gasteiger partial charge is 0.234 e. The Hall–Kier alpha value is -0.810. The first-order valence-corrected chi connectivity index (χ1v) is 6.90. The molecule has 1 aliphatic rings. The van der Waals surface area contributed by atoms with E-state index in [2.05, 4.69) is 17.4 Å². The molecule has 1 aromatic rings. The van der Waals surface area contributed by atoms with E-state index in [9.17, 15) is 4.79 Å². The zero-order valence-electron chi connectivity index (χ0n) is 12.3. The summed E-state index contributed by atoms with van der Waals surface area (Å²) in [6, 6.07) is 10.3. The van der Waals surface area contributed by atoms with Gasteiger partial charge in [0.05, 0.1) is 6.54 Å². The van der Waals surface area contributed by atoms with Gasteiger partial charge in [-0.3, -0.25) is 9.69 Å². The molecule has 0 saturated heterocycles. The maximum Gasteiger partial charge on any atom is 0.234 e. The molecule has 6 heteroatoms. The van der Waals surface area contributed by atoms with Gasteiger partial charge < -0.3 is 11.1 Å². The molecular weight excluding hydrogens is 309 g/mol. The minimum absolute atomic E-state index is 0. The van der Waals surface area contributed by atoms with E-state index in [1.165, 1.54) is 18.4 Å². The summed E-state index contributed by atoms with van der Waals surface area (Å²) < 4.78 is 0. The van der Waals surface area contributed by atoms with Gasteiger partial charge in [-0.2, -0.15) is 0 Å². The predicted molar refractivity (Wildman–Crippen MR) is 91.0 cm³/mol. The van der Waals surface area contributed by atoms with E-state index in [4.69, 9.17) is 5.73 Å². The molecule has 1 atom stereocenters. The molecule has 0 radical (unpaired) electrons. The highest BCUT2D eigenvalue weighted by atomic mass is 35.5. The Morgan fingerprint density at radius 2 is 1.95 bits per heavy atom. The minimum atomic E-state index is 0. The van der Waals surface area contributed by atoms with Crippen molar-refractivity contribution in [1.82, 2.24) is 10.2 Å². The molecule has 0 aromatic heterocycles. The number of nitrogens with one attached hydrogen (secondary N) is 1. The fourth-order valence-electron chi connectivity index (χ4n) is 2.17. The molecule has 120 valence electrons. The van der Waals surface area contributed by atoms with E-state index < -0.39 is 0 Å². The van der Waals surface area contributed by atoms with Gasteiger partial charge in [-0.25, -0.2) is 0 Å². The van der Waals surface area contributed by atoms with Crippen molar-refractivity contribution in [3.05, 3.63) is 35.9 Å².